The van der Waals surface area contributed by atoms with Gasteiger partial charge >= 0.3 is 0 Å². The highest BCUT2D eigenvalue weighted by molar-refractivity contribution is 14.0. The SMILES string of the molecule is CN=C(NCc1sccc1C)NCc1nnc2ccccn12.I. The maximum absolute atomic E-state index is 4.24. The average molecular weight is 442 g/mol. The van der Waals surface area contributed by atoms with Gasteiger partial charge in [0.1, 0.15) is 0 Å². The Morgan fingerprint density at radius 2 is 2.04 bits per heavy atom. The third-order valence-electron chi connectivity index (χ3n) is 3.41. The van der Waals surface area contributed by atoms with E-state index in [1.54, 1.807) is 18.4 Å². The first-order chi connectivity index (χ1) is 10.8. The lowest BCUT2D eigenvalue weighted by Gasteiger charge is -2.11. The quantitative estimate of drug-likeness (QED) is 0.371. The highest BCUT2D eigenvalue weighted by Gasteiger charge is 2.06. The van der Waals surface area contributed by atoms with Gasteiger partial charge in [-0.05, 0) is 36.1 Å². The molecule has 0 atom stereocenters. The van der Waals surface area contributed by atoms with Crippen LogP contribution in [-0.2, 0) is 13.1 Å². The number of rotatable bonds is 4. The van der Waals surface area contributed by atoms with Crippen LogP contribution in [0.1, 0.15) is 16.3 Å². The molecule has 0 aliphatic carbocycles. The topological polar surface area (TPSA) is 66.6 Å². The van der Waals surface area contributed by atoms with E-state index in [2.05, 4.69) is 44.2 Å². The monoisotopic (exact) mass is 442 g/mol. The lowest BCUT2D eigenvalue weighted by Crippen LogP contribution is -2.36. The van der Waals surface area contributed by atoms with Crippen LogP contribution in [0.3, 0.4) is 0 Å². The van der Waals surface area contributed by atoms with Gasteiger partial charge in [0.25, 0.3) is 0 Å². The largest absolute Gasteiger partial charge is 0.352 e. The molecule has 0 amide bonds. The van der Waals surface area contributed by atoms with Crippen LogP contribution in [0.2, 0.25) is 0 Å². The van der Waals surface area contributed by atoms with E-state index in [-0.39, 0.29) is 24.0 Å². The Bertz CT molecular complexity index is 794. The molecule has 122 valence electrons. The fourth-order valence-electron chi connectivity index (χ4n) is 2.14. The number of pyridine rings is 1. The van der Waals surface area contributed by atoms with Crippen LogP contribution >= 0.6 is 35.3 Å². The second-order valence-electron chi connectivity index (χ2n) is 4.85. The molecule has 0 radical (unpaired) electrons. The lowest BCUT2D eigenvalue weighted by atomic mass is 10.3. The van der Waals surface area contributed by atoms with Crippen LogP contribution in [0.25, 0.3) is 5.65 Å². The van der Waals surface area contributed by atoms with Gasteiger partial charge in [-0.25, -0.2) is 0 Å². The zero-order valence-electron chi connectivity index (χ0n) is 13.0. The van der Waals surface area contributed by atoms with Gasteiger partial charge < -0.3 is 10.6 Å². The van der Waals surface area contributed by atoms with Gasteiger partial charge in [-0.1, -0.05) is 6.07 Å². The molecule has 2 N–H and O–H groups in total. The van der Waals surface area contributed by atoms with Crippen molar-refractivity contribution in [2.75, 3.05) is 7.05 Å². The number of aromatic nitrogens is 3. The van der Waals surface area contributed by atoms with E-state index in [0.29, 0.717) is 6.54 Å². The Morgan fingerprint density at radius 3 is 2.78 bits per heavy atom. The van der Waals surface area contributed by atoms with Crippen molar-refractivity contribution in [3.63, 3.8) is 0 Å². The number of aliphatic imine (C=N–C) groups is 1. The minimum Gasteiger partial charge on any atom is -0.352 e. The van der Waals surface area contributed by atoms with Crippen molar-refractivity contribution in [1.82, 2.24) is 25.2 Å². The summed E-state index contributed by atoms with van der Waals surface area (Å²) in [5, 5.41) is 17.0. The Morgan fingerprint density at radius 1 is 1.22 bits per heavy atom. The fourth-order valence-corrected chi connectivity index (χ4v) is 2.99. The number of halogens is 1. The third-order valence-corrected chi connectivity index (χ3v) is 4.43. The van der Waals surface area contributed by atoms with Crippen molar-refractivity contribution >= 4 is 46.9 Å². The van der Waals surface area contributed by atoms with Crippen LogP contribution in [0.4, 0.5) is 0 Å². The number of nitrogens with zero attached hydrogens (tertiary/aromatic N) is 4. The summed E-state index contributed by atoms with van der Waals surface area (Å²) < 4.78 is 1.96. The van der Waals surface area contributed by atoms with E-state index in [0.717, 1.165) is 24.0 Å². The summed E-state index contributed by atoms with van der Waals surface area (Å²) in [6.45, 7) is 3.45. The highest BCUT2D eigenvalue weighted by atomic mass is 127. The van der Waals surface area contributed by atoms with E-state index >= 15 is 0 Å². The summed E-state index contributed by atoms with van der Waals surface area (Å²) in [5.41, 5.74) is 2.15. The maximum atomic E-state index is 4.24. The van der Waals surface area contributed by atoms with E-state index < -0.39 is 0 Å². The molecule has 23 heavy (non-hydrogen) atoms. The van der Waals surface area contributed by atoms with E-state index in [1.165, 1.54) is 10.4 Å². The van der Waals surface area contributed by atoms with Crippen LogP contribution in [0, 0.1) is 6.92 Å². The van der Waals surface area contributed by atoms with Crippen molar-refractivity contribution in [2.45, 2.75) is 20.0 Å². The Labute approximate surface area is 156 Å². The van der Waals surface area contributed by atoms with Gasteiger partial charge in [0.2, 0.25) is 0 Å². The first-order valence-electron chi connectivity index (χ1n) is 7.04. The average Bonchev–Trinajstić information content (AvgIpc) is 3.14. The summed E-state index contributed by atoms with van der Waals surface area (Å²) in [6.07, 6.45) is 1.96. The Hall–Kier alpha value is -1.68. The highest BCUT2D eigenvalue weighted by Crippen LogP contribution is 2.14. The van der Waals surface area contributed by atoms with Crippen molar-refractivity contribution in [1.29, 1.82) is 0 Å². The van der Waals surface area contributed by atoms with Crippen LogP contribution in [0.15, 0.2) is 40.8 Å². The number of nitrogens with one attached hydrogen (secondary N) is 2. The predicted molar refractivity (Wildman–Crippen MR) is 104 cm³/mol. The fraction of sp³-hybridized carbons (Fsp3) is 0.267. The molecular weight excluding hydrogens is 423 g/mol. The standard InChI is InChI=1S/C15H18N6S.HI/c1-11-6-8-22-12(11)9-17-15(16-2)18-10-14-20-19-13-5-3-4-7-21(13)14;/h3-8H,9-10H2,1-2H3,(H2,16,17,18);1H. The second-order valence-corrected chi connectivity index (χ2v) is 5.85. The van der Waals surface area contributed by atoms with Gasteiger partial charge in [-0.15, -0.1) is 45.5 Å². The molecule has 8 heteroatoms. The normalized spacial score (nSPS) is 11.3. The molecule has 3 aromatic rings. The molecule has 0 fully saturated rings. The van der Waals surface area contributed by atoms with Gasteiger partial charge in [-0.2, -0.15) is 0 Å². The van der Waals surface area contributed by atoms with Crippen molar-refractivity contribution < 1.29 is 0 Å². The van der Waals surface area contributed by atoms with E-state index in [1.807, 2.05) is 28.8 Å². The molecule has 3 rings (SSSR count). The molecule has 3 aromatic heterocycles. The number of fused-ring (bicyclic) bond motifs is 1. The number of aryl methyl sites for hydroxylation is 1. The Balaban J connectivity index is 0.00000192. The van der Waals surface area contributed by atoms with Gasteiger partial charge in [0.05, 0.1) is 13.1 Å². The van der Waals surface area contributed by atoms with Crippen molar-refractivity contribution in [3.8, 4) is 0 Å². The predicted octanol–water partition coefficient (Wildman–Crippen LogP) is 2.58. The van der Waals surface area contributed by atoms with Crippen LogP contribution in [0.5, 0.6) is 0 Å². The first kappa shape index (κ1) is 17.7. The molecule has 6 nitrogen and oxygen atoms in total. The molecular formula is C15H19IN6S. The molecule has 0 bridgehead atoms. The third kappa shape index (κ3) is 4.20. The minimum absolute atomic E-state index is 0. The van der Waals surface area contributed by atoms with Gasteiger partial charge in [0.15, 0.2) is 17.4 Å². The zero-order chi connectivity index (χ0) is 15.4. The summed E-state index contributed by atoms with van der Waals surface area (Å²) in [5.74, 6) is 1.60. The Kier molecular flexibility index (Phi) is 6.34. The molecule has 0 unspecified atom stereocenters. The molecule has 0 spiro atoms. The molecule has 0 saturated heterocycles. The van der Waals surface area contributed by atoms with E-state index in [4.69, 9.17) is 0 Å². The molecule has 0 saturated carbocycles. The summed E-state index contributed by atoms with van der Waals surface area (Å²) in [6, 6.07) is 7.97. The summed E-state index contributed by atoms with van der Waals surface area (Å²) in [4.78, 5) is 5.55. The minimum atomic E-state index is 0. The van der Waals surface area contributed by atoms with Gasteiger partial charge in [0, 0.05) is 18.1 Å². The maximum Gasteiger partial charge on any atom is 0.191 e. The van der Waals surface area contributed by atoms with E-state index in [9.17, 15) is 0 Å². The zero-order valence-corrected chi connectivity index (χ0v) is 16.1. The molecule has 0 aliphatic heterocycles. The number of hydrogen-bond acceptors (Lipinski definition) is 4. The number of guanidine groups is 1. The van der Waals surface area contributed by atoms with Gasteiger partial charge in [-0.3, -0.25) is 9.39 Å². The van der Waals surface area contributed by atoms with Crippen molar-refractivity contribution in [2.24, 2.45) is 4.99 Å². The molecule has 3 heterocycles. The summed E-state index contributed by atoms with van der Waals surface area (Å²) in [7, 11) is 1.76. The second kappa shape index (κ2) is 8.25. The first-order valence-corrected chi connectivity index (χ1v) is 7.92. The van der Waals surface area contributed by atoms with Crippen LogP contribution in [-0.4, -0.2) is 27.6 Å². The molecule has 0 aromatic carbocycles. The number of thiophene rings is 1. The van der Waals surface area contributed by atoms with Crippen LogP contribution < -0.4 is 10.6 Å². The van der Waals surface area contributed by atoms with Crippen molar-refractivity contribution in [3.05, 3.63) is 52.1 Å². The summed E-state index contributed by atoms with van der Waals surface area (Å²) >= 11 is 1.75. The number of hydrogen-bond donors (Lipinski definition) is 2. The molecule has 0 aliphatic rings. The smallest absolute Gasteiger partial charge is 0.191 e. The lowest BCUT2D eigenvalue weighted by molar-refractivity contribution is 0.764.